The second kappa shape index (κ2) is 13.2. The van der Waals surface area contributed by atoms with Crippen molar-refractivity contribution in [2.45, 2.75) is 94.4 Å². The molecule has 2 aliphatic heterocycles. The van der Waals surface area contributed by atoms with Crippen LogP contribution in [0.4, 0.5) is 0 Å². The Morgan fingerprint density at radius 1 is 1.09 bits per heavy atom. The predicted octanol–water partition coefficient (Wildman–Crippen LogP) is 1.01. The van der Waals surface area contributed by atoms with Crippen LogP contribution < -0.4 is 5.32 Å². The van der Waals surface area contributed by atoms with Crippen molar-refractivity contribution in [3.8, 4) is 0 Å². The van der Waals surface area contributed by atoms with Crippen molar-refractivity contribution in [3.05, 3.63) is 48.0 Å². The van der Waals surface area contributed by atoms with Gasteiger partial charge in [-0.25, -0.2) is 14.4 Å². The highest BCUT2D eigenvalue weighted by atomic mass is 32.1. The number of esters is 1. The lowest BCUT2D eigenvalue weighted by atomic mass is 9.74. The first-order valence-electron chi connectivity index (χ1n) is 13.8. The number of thiocarbonyl (C=S) groups is 1. The van der Waals surface area contributed by atoms with E-state index in [0.29, 0.717) is 6.42 Å². The molecule has 2 fully saturated rings. The van der Waals surface area contributed by atoms with Crippen molar-refractivity contribution in [1.82, 2.24) is 5.32 Å². The van der Waals surface area contributed by atoms with E-state index in [2.05, 4.69) is 11.9 Å². The number of aliphatic hydroxyl groups is 2. The topological polar surface area (TPSA) is 218 Å². The van der Waals surface area contributed by atoms with E-state index in [1.807, 2.05) is 37.3 Å². The van der Waals surface area contributed by atoms with Crippen LogP contribution >= 0.6 is 12.2 Å². The maximum Gasteiger partial charge on any atom is 0.344 e. The van der Waals surface area contributed by atoms with Crippen molar-refractivity contribution < 1.29 is 63.7 Å². The number of carbonyl (C=O) groups excluding carboxylic acids is 1. The first kappa shape index (κ1) is 34.9. The molecule has 2 unspecified atom stereocenters. The Morgan fingerprint density at radius 3 is 2.20 bits per heavy atom. The smallest absolute Gasteiger partial charge is 0.344 e. The Bertz CT molecular complexity index is 1310. The molecule has 2 aliphatic rings. The molecule has 0 radical (unpaired) electrons. The molecule has 8 atom stereocenters. The van der Waals surface area contributed by atoms with Gasteiger partial charge in [0.15, 0.2) is 6.10 Å². The van der Waals surface area contributed by atoms with Gasteiger partial charge >= 0.3 is 23.9 Å². The molecule has 0 aliphatic carbocycles. The second-order valence-corrected chi connectivity index (χ2v) is 11.7. The molecule has 3 rings (SSSR count). The molecule has 15 heteroatoms. The second-order valence-electron chi connectivity index (χ2n) is 11.3. The first-order valence-corrected chi connectivity index (χ1v) is 14.2. The molecule has 0 spiro atoms. The number of ether oxygens (including phenoxy) is 4. The van der Waals surface area contributed by atoms with Crippen molar-refractivity contribution in [3.63, 3.8) is 0 Å². The zero-order valence-electron chi connectivity index (χ0n) is 24.6. The van der Waals surface area contributed by atoms with Crippen LogP contribution in [0.1, 0.15) is 46.1 Å². The third-order valence-electron chi connectivity index (χ3n) is 7.65. The van der Waals surface area contributed by atoms with Crippen LogP contribution in [0.25, 0.3) is 0 Å². The van der Waals surface area contributed by atoms with Crippen LogP contribution in [0.15, 0.2) is 42.5 Å². The number of rotatable bonds is 13. The summed E-state index contributed by atoms with van der Waals surface area (Å²) in [5.74, 6) is -9.98. The largest absolute Gasteiger partial charge is 0.479 e. The minimum atomic E-state index is -3.80. The van der Waals surface area contributed by atoms with Crippen LogP contribution in [0, 0.1) is 5.92 Å². The molecule has 6 N–H and O–H groups in total. The van der Waals surface area contributed by atoms with Gasteiger partial charge < -0.3 is 49.8 Å². The van der Waals surface area contributed by atoms with Crippen LogP contribution in [-0.4, -0.2) is 102 Å². The van der Waals surface area contributed by atoms with Crippen LogP contribution in [0.2, 0.25) is 0 Å². The Balaban J connectivity index is 2.03. The van der Waals surface area contributed by atoms with E-state index in [4.69, 9.17) is 31.2 Å². The molecule has 1 aromatic carbocycles. The highest BCUT2D eigenvalue weighted by molar-refractivity contribution is 7.80. The molecule has 0 saturated carbocycles. The molecule has 242 valence electrons. The highest BCUT2D eigenvalue weighted by Crippen LogP contribution is 2.55. The summed E-state index contributed by atoms with van der Waals surface area (Å²) in [5, 5.41) is 55.2. The number of nitrogens with one attached hydrogen (secondary N) is 1. The number of carboxylic acids is 3. The highest BCUT2D eigenvalue weighted by Gasteiger charge is 2.85. The molecule has 2 bridgehead atoms. The fraction of sp³-hybridized carbons (Fsp3) is 0.552. The molecule has 14 nitrogen and oxygen atoms in total. The minimum Gasteiger partial charge on any atom is -0.479 e. The summed E-state index contributed by atoms with van der Waals surface area (Å²) >= 11 is 5.10. The number of hydrogen-bond acceptors (Lipinski definition) is 11. The van der Waals surface area contributed by atoms with Crippen molar-refractivity contribution in [1.29, 1.82) is 0 Å². The minimum absolute atomic E-state index is 0.191. The van der Waals surface area contributed by atoms with E-state index in [0.717, 1.165) is 5.56 Å². The van der Waals surface area contributed by atoms with Gasteiger partial charge in [0.2, 0.25) is 23.1 Å². The van der Waals surface area contributed by atoms with Crippen LogP contribution in [0.3, 0.4) is 0 Å². The molecule has 2 saturated heterocycles. The standard InChI is InChI=1S/C29H37NO13S/c1-14(2)30-26(44)41-21-20(32)27(42-22(23(33)34)28(39,24(35)36)29(21,43-27)25(37)38)12-11-15(3)19(40-17(5)31)16(4)13-18-9-7-6-8-10-18/h6-10,14,16,19-22,32,39H,3,11-13H2,1-2,4-5H3,(H,30,44)(H,33,34)(H,35,36)(H,37,38)/t16?,19?,20-,21-,22-,27-,28-,29-/m1/s1. The average molecular weight is 640 g/mol. The Kier molecular flexibility index (Phi) is 10.4. The first-order chi connectivity index (χ1) is 20.4. The SMILES string of the molecule is C=C(CC[C@@]12O[C@H](C(=O)O)[C@@](O)(C(=O)O)[C@@](C(=O)O)(O1)[C@H](OC(=S)NC(C)C)[C@H]2O)C(OC(C)=O)C(C)Cc1ccccc1. The third-order valence-corrected chi connectivity index (χ3v) is 7.86. The normalized spacial score (nSPS) is 30.6. The Hall–Kier alpha value is -3.63. The summed E-state index contributed by atoms with van der Waals surface area (Å²) < 4.78 is 22.2. The van der Waals surface area contributed by atoms with E-state index in [-0.39, 0.29) is 24.0 Å². The zero-order chi connectivity index (χ0) is 33.2. The molecule has 2 heterocycles. The summed E-state index contributed by atoms with van der Waals surface area (Å²) in [7, 11) is 0. The summed E-state index contributed by atoms with van der Waals surface area (Å²) in [4.78, 5) is 49.5. The van der Waals surface area contributed by atoms with Gasteiger partial charge in [0.25, 0.3) is 5.17 Å². The molecule has 0 amide bonds. The van der Waals surface area contributed by atoms with E-state index in [1.165, 1.54) is 6.92 Å². The van der Waals surface area contributed by atoms with E-state index >= 15 is 0 Å². The summed E-state index contributed by atoms with van der Waals surface area (Å²) in [5.41, 5.74) is -5.99. The van der Waals surface area contributed by atoms with Crippen LogP contribution in [0.5, 0.6) is 0 Å². The number of fused-ring (bicyclic) bond motifs is 2. The van der Waals surface area contributed by atoms with Gasteiger partial charge in [-0.15, -0.1) is 0 Å². The molecular formula is C29H37NO13S. The van der Waals surface area contributed by atoms with Gasteiger partial charge in [0.1, 0.15) is 12.2 Å². The predicted molar refractivity (Wildman–Crippen MR) is 154 cm³/mol. The van der Waals surface area contributed by atoms with Crippen molar-refractivity contribution in [2.75, 3.05) is 0 Å². The van der Waals surface area contributed by atoms with Gasteiger partial charge in [-0.1, -0.05) is 43.8 Å². The summed E-state index contributed by atoms with van der Waals surface area (Å²) in [6, 6.07) is 8.98. The Morgan fingerprint density at radius 2 is 1.70 bits per heavy atom. The molecule has 1 aromatic rings. The van der Waals surface area contributed by atoms with E-state index in [1.54, 1.807) is 13.8 Å². The van der Waals surface area contributed by atoms with Crippen molar-refractivity contribution in [2.24, 2.45) is 5.92 Å². The maximum atomic E-state index is 12.8. The van der Waals surface area contributed by atoms with Gasteiger partial charge in [0.05, 0.1) is 0 Å². The summed E-state index contributed by atoms with van der Waals surface area (Å²) in [6.07, 6.45) is -8.30. The van der Waals surface area contributed by atoms with Gasteiger partial charge in [0, 0.05) is 25.3 Å². The summed E-state index contributed by atoms with van der Waals surface area (Å²) in [6.45, 7) is 10.4. The van der Waals surface area contributed by atoms with Crippen LogP contribution in [-0.2, 0) is 44.5 Å². The number of benzene rings is 1. The zero-order valence-corrected chi connectivity index (χ0v) is 25.4. The number of carbonyl (C=O) groups is 4. The van der Waals surface area contributed by atoms with E-state index < -0.39 is 76.9 Å². The maximum absolute atomic E-state index is 12.8. The number of aliphatic carboxylic acids is 3. The van der Waals surface area contributed by atoms with Gasteiger partial charge in [-0.3, -0.25) is 4.79 Å². The van der Waals surface area contributed by atoms with E-state index in [9.17, 15) is 44.7 Å². The number of aliphatic hydroxyl groups excluding tert-OH is 1. The lowest BCUT2D eigenvalue weighted by Crippen LogP contribution is -2.78. The molecule has 44 heavy (non-hydrogen) atoms. The van der Waals surface area contributed by atoms with Crippen molar-refractivity contribution >= 4 is 41.3 Å². The fourth-order valence-electron chi connectivity index (χ4n) is 5.68. The molecule has 0 aromatic heterocycles. The number of hydrogen-bond donors (Lipinski definition) is 6. The van der Waals surface area contributed by atoms with Gasteiger partial charge in [-0.05, 0) is 50.0 Å². The monoisotopic (exact) mass is 639 g/mol. The average Bonchev–Trinajstić information content (AvgIpc) is 3.14. The molecular weight excluding hydrogens is 602 g/mol. The quantitative estimate of drug-likeness (QED) is 0.101. The third kappa shape index (κ3) is 6.28. The lowest BCUT2D eigenvalue weighted by molar-refractivity contribution is -0.373. The van der Waals surface area contributed by atoms with Gasteiger partial charge in [-0.2, -0.15) is 0 Å². The Labute approximate surface area is 258 Å². The number of carboxylic acid groups (broad SMARTS) is 3. The lowest BCUT2D eigenvalue weighted by Gasteiger charge is -2.48. The fourth-order valence-corrected chi connectivity index (χ4v) is 6.02.